The lowest BCUT2D eigenvalue weighted by Crippen LogP contribution is -2.23. The van der Waals surface area contributed by atoms with Crippen LogP contribution in [0.1, 0.15) is 43.0 Å². The summed E-state index contributed by atoms with van der Waals surface area (Å²) < 4.78 is 40.2. The first-order chi connectivity index (χ1) is 19.3. The lowest BCUT2D eigenvalue weighted by molar-refractivity contribution is -0.144. The van der Waals surface area contributed by atoms with Crippen LogP contribution < -0.4 is 4.74 Å². The summed E-state index contributed by atoms with van der Waals surface area (Å²) in [7, 11) is 0. The molecule has 2 aromatic heterocycles. The number of halogens is 2. The smallest absolute Gasteiger partial charge is 0.309 e. The molecule has 1 fully saturated rings. The maximum Gasteiger partial charge on any atom is 0.309 e. The van der Waals surface area contributed by atoms with Gasteiger partial charge in [-0.3, -0.25) is 4.79 Å². The molecule has 3 N–H and O–H groups in total. The quantitative estimate of drug-likeness (QED) is 0.193. The zero-order valence-electron chi connectivity index (χ0n) is 21.9. The van der Waals surface area contributed by atoms with Gasteiger partial charge in [0.25, 0.3) is 0 Å². The van der Waals surface area contributed by atoms with Crippen LogP contribution in [0.5, 0.6) is 11.5 Å². The van der Waals surface area contributed by atoms with Gasteiger partial charge in [0, 0.05) is 23.2 Å². The average molecular weight is 544 g/mol. The van der Waals surface area contributed by atoms with E-state index >= 15 is 0 Å². The minimum atomic E-state index is -1.40. The van der Waals surface area contributed by atoms with Crippen LogP contribution in [0.2, 0.25) is 0 Å². The van der Waals surface area contributed by atoms with Gasteiger partial charge in [-0.05, 0) is 55.5 Å². The van der Waals surface area contributed by atoms with Gasteiger partial charge in [0.2, 0.25) is 0 Å². The number of fused-ring (bicyclic) bond motifs is 1. The largest absolute Gasteiger partial charge is 0.466 e. The molecule has 0 amide bonds. The summed E-state index contributed by atoms with van der Waals surface area (Å²) >= 11 is 0. The van der Waals surface area contributed by atoms with Crippen LogP contribution in [0.25, 0.3) is 22.3 Å². The second kappa shape index (κ2) is 9.91. The first kappa shape index (κ1) is 25.8. The lowest BCUT2D eigenvalue weighted by Gasteiger charge is -2.23. The fourth-order valence-corrected chi connectivity index (χ4v) is 5.05. The highest BCUT2D eigenvalue weighted by atomic mass is 19.1. The van der Waals surface area contributed by atoms with E-state index in [-0.39, 0.29) is 28.9 Å². The Morgan fingerprint density at radius 1 is 1.15 bits per heavy atom. The number of carbonyl (C=O) groups is 1. The molecule has 204 valence electrons. The van der Waals surface area contributed by atoms with Crippen LogP contribution in [0, 0.1) is 17.6 Å². The maximum atomic E-state index is 14.9. The Kier molecular flexibility index (Phi) is 6.38. The second-order valence-electron chi connectivity index (χ2n) is 10.1. The summed E-state index contributed by atoms with van der Waals surface area (Å²) in [5.41, 5.74) is 1.62. The Morgan fingerprint density at radius 3 is 2.80 bits per heavy atom. The molecule has 0 radical (unpaired) electrons. The monoisotopic (exact) mass is 543 g/mol. The number of ether oxygens (including phenoxy) is 2. The van der Waals surface area contributed by atoms with E-state index in [0.29, 0.717) is 34.8 Å². The number of aromatic nitrogens is 3. The molecule has 0 saturated heterocycles. The van der Waals surface area contributed by atoms with Gasteiger partial charge in [0.1, 0.15) is 17.2 Å². The van der Waals surface area contributed by atoms with E-state index in [1.165, 1.54) is 18.3 Å². The summed E-state index contributed by atoms with van der Waals surface area (Å²) in [6.45, 7) is 3.81. The van der Waals surface area contributed by atoms with Crippen molar-refractivity contribution in [2.75, 3.05) is 6.61 Å². The minimum absolute atomic E-state index is 0.0718. The number of carbonyl (C=O) groups excluding carboxylic acids is 1. The Bertz CT molecular complexity index is 1720. The highest BCUT2D eigenvalue weighted by Crippen LogP contribution is 2.49. The van der Waals surface area contributed by atoms with Crippen LogP contribution in [-0.4, -0.2) is 32.6 Å². The molecule has 40 heavy (non-hydrogen) atoms. The SMILES string of the molecule is CCOC(=O)[C@@H]1C[C@H]1c1cccc([C@@](C)(O)c2cnc(-c3cccc(Oc4c(F)cc5[nH]ccc5c4F)c3)[nH]2)c1. The van der Waals surface area contributed by atoms with Crippen molar-refractivity contribution in [3.63, 3.8) is 0 Å². The number of hydrogen-bond acceptors (Lipinski definition) is 5. The molecule has 5 aromatic rings. The molecule has 9 heteroatoms. The molecular weight excluding hydrogens is 516 g/mol. The van der Waals surface area contributed by atoms with Gasteiger partial charge in [-0.2, -0.15) is 0 Å². The van der Waals surface area contributed by atoms with E-state index in [0.717, 1.165) is 12.0 Å². The summed E-state index contributed by atoms with van der Waals surface area (Å²) in [5, 5.41) is 11.7. The van der Waals surface area contributed by atoms with Crippen molar-refractivity contribution in [1.82, 2.24) is 15.0 Å². The van der Waals surface area contributed by atoms with E-state index in [1.807, 2.05) is 24.3 Å². The van der Waals surface area contributed by atoms with Crippen molar-refractivity contribution in [3.05, 3.63) is 102 Å². The Labute approximate surface area is 228 Å². The third-order valence-corrected chi connectivity index (χ3v) is 7.39. The van der Waals surface area contributed by atoms with Gasteiger partial charge in [-0.1, -0.05) is 36.4 Å². The molecule has 0 aliphatic heterocycles. The molecule has 2 heterocycles. The topological polar surface area (TPSA) is 100 Å². The van der Waals surface area contributed by atoms with Gasteiger partial charge in [0.05, 0.1) is 29.9 Å². The van der Waals surface area contributed by atoms with Gasteiger partial charge >= 0.3 is 5.97 Å². The molecule has 0 spiro atoms. The number of aromatic amines is 2. The summed E-state index contributed by atoms with van der Waals surface area (Å²) in [6, 6.07) is 16.9. The van der Waals surface area contributed by atoms with Gasteiger partial charge in [-0.15, -0.1) is 0 Å². The van der Waals surface area contributed by atoms with E-state index in [1.54, 1.807) is 44.3 Å². The molecular formula is C31H27F2N3O4. The van der Waals surface area contributed by atoms with Crippen molar-refractivity contribution in [2.45, 2.75) is 31.8 Å². The van der Waals surface area contributed by atoms with Crippen LogP contribution in [0.3, 0.4) is 0 Å². The van der Waals surface area contributed by atoms with Crippen LogP contribution in [-0.2, 0) is 15.1 Å². The van der Waals surface area contributed by atoms with Crippen LogP contribution in [0.15, 0.2) is 73.1 Å². The van der Waals surface area contributed by atoms with E-state index < -0.39 is 23.0 Å². The van der Waals surface area contributed by atoms with Crippen LogP contribution in [0.4, 0.5) is 8.78 Å². The number of rotatable bonds is 8. The summed E-state index contributed by atoms with van der Waals surface area (Å²) in [6.07, 6.45) is 3.81. The predicted octanol–water partition coefficient (Wildman–Crippen LogP) is 6.55. The van der Waals surface area contributed by atoms with Crippen molar-refractivity contribution < 1.29 is 28.2 Å². The lowest BCUT2D eigenvalue weighted by atomic mass is 9.91. The number of imidazole rings is 1. The number of nitrogens with one attached hydrogen (secondary N) is 2. The summed E-state index contributed by atoms with van der Waals surface area (Å²) in [5.74, 6) is -1.71. The van der Waals surface area contributed by atoms with Crippen molar-refractivity contribution in [2.24, 2.45) is 5.92 Å². The van der Waals surface area contributed by atoms with E-state index in [9.17, 15) is 18.7 Å². The first-order valence-corrected chi connectivity index (χ1v) is 13.0. The number of nitrogens with zero attached hydrogens (tertiary/aromatic N) is 1. The number of hydrogen-bond donors (Lipinski definition) is 3. The molecule has 1 aliphatic carbocycles. The Morgan fingerprint density at radius 2 is 1.98 bits per heavy atom. The molecule has 3 atom stereocenters. The minimum Gasteiger partial charge on any atom is -0.466 e. The van der Waals surface area contributed by atoms with Crippen molar-refractivity contribution >= 4 is 16.9 Å². The molecule has 0 bridgehead atoms. The van der Waals surface area contributed by atoms with Gasteiger partial charge in [-0.25, -0.2) is 13.8 Å². The number of esters is 1. The standard InChI is InChI=1S/C31H27F2N3O4/c1-3-39-30(37)23-14-22(23)17-6-4-8-19(12-17)31(2,38)26-16-35-29(36-26)18-7-5-9-20(13-18)40-28-24(32)15-25-21(27(28)33)10-11-34-25/h4-13,15-16,22-23,34,38H,3,14H2,1-2H3,(H,35,36)/t22-,23+,31+/m0/s1. The highest BCUT2D eigenvalue weighted by Gasteiger charge is 2.45. The van der Waals surface area contributed by atoms with E-state index in [4.69, 9.17) is 9.47 Å². The Hall–Kier alpha value is -4.50. The molecule has 6 rings (SSSR count). The summed E-state index contributed by atoms with van der Waals surface area (Å²) in [4.78, 5) is 22.5. The van der Waals surface area contributed by atoms with Gasteiger partial charge in [0.15, 0.2) is 17.4 Å². The fourth-order valence-electron chi connectivity index (χ4n) is 5.05. The third kappa shape index (κ3) is 4.62. The second-order valence-corrected chi connectivity index (χ2v) is 10.1. The zero-order chi connectivity index (χ0) is 28.0. The maximum absolute atomic E-state index is 14.9. The molecule has 0 unspecified atom stereocenters. The highest BCUT2D eigenvalue weighted by molar-refractivity contribution is 5.82. The zero-order valence-corrected chi connectivity index (χ0v) is 21.9. The van der Waals surface area contributed by atoms with E-state index in [2.05, 4.69) is 15.0 Å². The van der Waals surface area contributed by atoms with Crippen molar-refractivity contribution in [1.29, 1.82) is 0 Å². The number of H-pyrrole nitrogens is 2. The van der Waals surface area contributed by atoms with Crippen molar-refractivity contribution in [3.8, 4) is 22.9 Å². The fraction of sp³-hybridized carbons (Fsp3) is 0.226. The van der Waals surface area contributed by atoms with Crippen LogP contribution >= 0.6 is 0 Å². The molecule has 7 nitrogen and oxygen atoms in total. The first-order valence-electron chi connectivity index (χ1n) is 13.0. The Balaban J connectivity index is 1.23. The third-order valence-electron chi connectivity index (χ3n) is 7.39. The van der Waals surface area contributed by atoms with Gasteiger partial charge < -0.3 is 24.5 Å². The molecule has 1 aliphatic rings. The molecule has 1 saturated carbocycles. The normalized spacial score (nSPS) is 17.9. The number of aliphatic hydroxyl groups is 1. The molecule has 3 aromatic carbocycles. The predicted molar refractivity (Wildman–Crippen MR) is 145 cm³/mol. The number of benzene rings is 3. The average Bonchev–Trinajstić information content (AvgIpc) is 3.34.